The maximum Gasteiger partial charge on any atom is 0.179 e. The molecule has 1 aliphatic heterocycles. The van der Waals surface area contributed by atoms with Crippen molar-refractivity contribution >= 4 is 16.7 Å². The third-order valence-corrected chi connectivity index (χ3v) is 5.40. The first-order chi connectivity index (χ1) is 13.5. The molecular formula is C22H24N2O4. The van der Waals surface area contributed by atoms with E-state index >= 15 is 0 Å². The summed E-state index contributed by atoms with van der Waals surface area (Å²) in [5, 5.41) is 11.7. The van der Waals surface area contributed by atoms with Crippen molar-refractivity contribution in [3.05, 3.63) is 58.8 Å². The van der Waals surface area contributed by atoms with Gasteiger partial charge in [-0.15, -0.1) is 0 Å². The first-order valence-electron chi connectivity index (χ1n) is 9.28. The van der Waals surface area contributed by atoms with Gasteiger partial charge >= 0.3 is 0 Å². The Kier molecular flexibility index (Phi) is 4.83. The average molecular weight is 380 g/mol. The highest BCUT2D eigenvalue weighted by Crippen LogP contribution is 2.39. The van der Waals surface area contributed by atoms with Crippen LogP contribution in [-0.4, -0.2) is 48.1 Å². The van der Waals surface area contributed by atoms with Crippen LogP contribution in [0.5, 0.6) is 11.5 Å². The number of nitrogens with one attached hydrogen (secondary N) is 1. The molecule has 4 rings (SSSR count). The van der Waals surface area contributed by atoms with Gasteiger partial charge in [0, 0.05) is 46.4 Å². The molecule has 2 heterocycles. The van der Waals surface area contributed by atoms with Crippen LogP contribution in [0.25, 0.3) is 10.9 Å². The van der Waals surface area contributed by atoms with Gasteiger partial charge in [0.1, 0.15) is 11.5 Å². The molecule has 2 aromatic carbocycles. The largest absolute Gasteiger partial charge is 0.496 e. The van der Waals surface area contributed by atoms with Gasteiger partial charge in [-0.1, -0.05) is 18.2 Å². The lowest BCUT2D eigenvalue weighted by atomic mass is 9.94. The van der Waals surface area contributed by atoms with Crippen LogP contribution in [0.1, 0.15) is 33.3 Å². The standard InChI is InChI=1S/C22H24N2O4/c1-13-21(14-6-4-5-7-16(14)23-13)17(25)11-24-10-15-19(27-2)8-9-20(28-3)22(15)18(26)12-24/h4-9,18,23,26H,10-12H2,1-3H3/t18-/m0/s1. The quantitative estimate of drug-likeness (QED) is 0.665. The highest BCUT2D eigenvalue weighted by atomic mass is 16.5. The number of aryl methyl sites for hydroxylation is 1. The number of ketones is 1. The van der Waals surface area contributed by atoms with Crippen LogP contribution in [0.3, 0.4) is 0 Å². The van der Waals surface area contributed by atoms with Crippen LogP contribution < -0.4 is 9.47 Å². The highest BCUT2D eigenvalue weighted by molar-refractivity contribution is 6.10. The van der Waals surface area contributed by atoms with Crippen LogP contribution in [-0.2, 0) is 6.54 Å². The molecule has 2 N–H and O–H groups in total. The van der Waals surface area contributed by atoms with Gasteiger partial charge in [-0.25, -0.2) is 0 Å². The predicted octanol–water partition coefficient (Wildman–Crippen LogP) is 3.23. The Bertz CT molecular complexity index is 1040. The van der Waals surface area contributed by atoms with Crippen molar-refractivity contribution in [3.8, 4) is 11.5 Å². The van der Waals surface area contributed by atoms with Crippen LogP contribution >= 0.6 is 0 Å². The first-order valence-corrected chi connectivity index (χ1v) is 9.28. The Morgan fingerprint density at radius 1 is 1.18 bits per heavy atom. The number of aliphatic hydroxyl groups is 1. The van der Waals surface area contributed by atoms with E-state index in [1.54, 1.807) is 20.3 Å². The van der Waals surface area contributed by atoms with E-state index < -0.39 is 6.10 Å². The number of Topliss-reactive ketones (excluding diaryl/α,β-unsaturated/α-hetero) is 1. The molecule has 0 fully saturated rings. The van der Waals surface area contributed by atoms with Gasteiger partial charge in [0.25, 0.3) is 0 Å². The summed E-state index contributed by atoms with van der Waals surface area (Å²) < 4.78 is 10.9. The second-order valence-electron chi connectivity index (χ2n) is 7.14. The van der Waals surface area contributed by atoms with Crippen molar-refractivity contribution in [2.75, 3.05) is 27.3 Å². The number of H-pyrrole nitrogens is 1. The molecule has 0 unspecified atom stereocenters. The zero-order chi connectivity index (χ0) is 19.8. The van der Waals surface area contributed by atoms with E-state index in [4.69, 9.17) is 9.47 Å². The number of para-hydroxylation sites is 1. The number of methoxy groups -OCH3 is 2. The van der Waals surface area contributed by atoms with E-state index in [-0.39, 0.29) is 12.3 Å². The third kappa shape index (κ3) is 3.04. The Morgan fingerprint density at radius 3 is 2.64 bits per heavy atom. The molecule has 146 valence electrons. The molecular weight excluding hydrogens is 356 g/mol. The summed E-state index contributed by atoms with van der Waals surface area (Å²) in [6.07, 6.45) is -0.745. The molecule has 0 bridgehead atoms. The zero-order valence-electron chi connectivity index (χ0n) is 16.3. The molecule has 0 radical (unpaired) electrons. The fraction of sp³-hybridized carbons (Fsp3) is 0.318. The topological polar surface area (TPSA) is 74.8 Å². The summed E-state index contributed by atoms with van der Waals surface area (Å²) in [4.78, 5) is 18.3. The van der Waals surface area contributed by atoms with Gasteiger partial charge in [-0.05, 0) is 25.1 Å². The number of ether oxygens (including phenoxy) is 2. The molecule has 0 amide bonds. The smallest absolute Gasteiger partial charge is 0.179 e. The lowest BCUT2D eigenvalue weighted by Gasteiger charge is -2.33. The monoisotopic (exact) mass is 380 g/mol. The first kappa shape index (κ1) is 18.5. The number of benzene rings is 2. The number of aromatic nitrogens is 1. The number of carbonyl (C=O) groups is 1. The lowest BCUT2D eigenvalue weighted by Crippen LogP contribution is -2.37. The Balaban J connectivity index is 1.64. The second-order valence-corrected chi connectivity index (χ2v) is 7.14. The number of β-amino-alcohol motifs (C(OH)–C–C–N with tert-alkyl or cyclic N) is 1. The van der Waals surface area contributed by atoms with Crippen molar-refractivity contribution < 1.29 is 19.4 Å². The molecule has 0 aliphatic carbocycles. The molecule has 6 heteroatoms. The van der Waals surface area contributed by atoms with E-state index in [0.29, 0.717) is 30.2 Å². The van der Waals surface area contributed by atoms with Gasteiger partial charge < -0.3 is 19.6 Å². The SMILES string of the molecule is COc1ccc(OC)c2c1CN(CC(=O)c1c(C)[nH]c3ccccc13)C[C@@H]2O. The Hall–Kier alpha value is -2.83. The molecule has 0 spiro atoms. The molecule has 28 heavy (non-hydrogen) atoms. The number of hydrogen-bond acceptors (Lipinski definition) is 5. The maximum atomic E-state index is 13.1. The van der Waals surface area contributed by atoms with E-state index in [1.807, 2.05) is 42.2 Å². The van der Waals surface area contributed by atoms with Crippen molar-refractivity contribution in [3.63, 3.8) is 0 Å². The van der Waals surface area contributed by atoms with E-state index in [2.05, 4.69) is 4.98 Å². The lowest BCUT2D eigenvalue weighted by molar-refractivity contribution is 0.0737. The summed E-state index contributed by atoms with van der Waals surface area (Å²) in [5.41, 5.74) is 4.15. The van der Waals surface area contributed by atoms with E-state index in [1.165, 1.54) is 0 Å². The summed E-state index contributed by atoms with van der Waals surface area (Å²) >= 11 is 0. The van der Waals surface area contributed by atoms with Gasteiger partial charge in [-0.2, -0.15) is 0 Å². The van der Waals surface area contributed by atoms with E-state index in [9.17, 15) is 9.90 Å². The molecule has 1 aliphatic rings. The molecule has 6 nitrogen and oxygen atoms in total. The summed E-state index contributed by atoms with van der Waals surface area (Å²) in [6.45, 7) is 3.02. The highest BCUT2D eigenvalue weighted by Gasteiger charge is 2.31. The molecule has 1 aromatic heterocycles. The number of aliphatic hydroxyl groups excluding tert-OH is 1. The zero-order valence-corrected chi connectivity index (χ0v) is 16.3. The maximum absolute atomic E-state index is 13.1. The molecule has 1 atom stereocenters. The fourth-order valence-electron chi connectivity index (χ4n) is 4.18. The fourth-order valence-corrected chi connectivity index (χ4v) is 4.18. The van der Waals surface area contributed by atoms with Crippen molar-refractivity contribution in [2.24, 2.45) is 0 Å². The van der Waals surface area contributed by atoms with Gasteiger partial charge in [0.2, 0.25) is 0 Å². The van der Waals surface area contributed by atoms with Crippen LogP contribution in [0.2, 0.25) is 0 Å². The molecule has 0 saturated heterocycles. The molecule has 0 saturated carbocycles. The second kappa shape index (κ2) is 7.30. The van der Waals surface area contributed by atoms with Gasteiger partial charge in [0.15, 0.2) is 5.78 Å². The van der Waals surface area contributed by atoms with Gasteiger partial charge in [-0.3, -0.25) is 9.69 Å². The van der Waals surface area contributed by atoms with Crippen molar-refractivity contribution in [1.29, 1.82) is 0 Å². The molecule has 3 aromatic rings. The van der Waals surface area contributed by atoms with Crippen molar-refractivity contribution in [2.45, 2.75) is 19.6 Å². The van der Waals surface area contributed by atoms with Crippen LogP contribution in [0, 0.1) is 6.92 Å². The summed E-state index contributed by atoms with van der Waals surface area (Å²) in [6, 6.07) is 11.4. The van der Waals surface area contributed by atoms with E-state index in [0.717, 1.165) is 27.7 Å². The number of aromatic amines is 1. The Labute approximate surface area is 163 Å². The third-order valence-electron chi connectivity index (χ3n) is 5.40. The van der Waals surface area contributed by atoms with Crippen LogP contribution in [0.15, 0.2) is 36.4 Å². The normalized spacial score (nSPS) is 16.8. The minimum Gasteiger partial charge on any atom is -0.496 e. The van der Waals surface area contributed by atoms with Gasteiger partial charge in [0.05, 0.1) is 26.9 Å². The average Bonchev–Trinajstić information content (AvgIpc) is 3.02. The Morgan fingerprint density at radius 2 is 1.89 bits per heavy atom. The minimum atomic E-state index is -0.745. The number of hydrogen-bond donors (Lipinski definition) is 2. The number of nitrogens with zero attached hydrogens (tertiary/aromatic N) is 1. The number of rotatable bonds is 5. The number of carbonyl (C=O) groups excluding carboxylic acids is 1. The van der Waals surface area contributed by atoms with Crippen LogP contribution in [0.4, 0.5) is 0 Å². The number of fused-ring (bicyclic) bond motifs is 2. The summed E-state index contributed by atoms with van der Waals surface area (Å²) in [7, 11) is 3.19. The van der Waals surface area contributed by atoms with Crippen molar-refractivity contribution in [1.82, 2.24) is 9.88 Å². The minimum absolute atomic E-state index is 0.0347. The summed E-state index contributed by atoms with van der Waals surface area (Å²) in [5.74, 6) is 1.37. The predicted molar refractivity (Wildman–Crippen MR) is 107 cm³/mol.